The summed E-state index contributed by atoms with van der Waals surface area (Å²) in [5, 5.41) is 44.4. The lowest BCUT2D eigenvalue weighted by Gasteiger charge is -2.34. The van der Waals surface area contributed by atoms with Gasteiger partial charge in [-0.05, 0) is 36.0 Å². The van der Waals surface area contributed by atoms with Gasteiger partial charge in [-0.1, -0.05) is 95.9 Å². The number of allylic oxidation sites excluding steroid dienone is 3. The van der Waals surface area contributed by atoms with E-state index >= 15 is 0 Å². The van der Waals surface area contributed by atoms with Gasteiger partial charge in [-0.3, -0.25) is 0 Å². The number of hydrogen-bond donors (Lipinski definition) is 6. The van der Waals surface area contributed by atoms with Crippen LogP contribution < -0.4 is 11.1 Å². The molecule has 0 aromatic heterocycles. The number of hydrogen-bond acceptors (Lipinski definition) is 5. The highest BCUT2D eigenvalue weighted by atomic mass is 16.3. The van der Waals surface area contributed by atoms with Gasteiger partial charge in [0.05, 0.1) is 18.3 Å². The van der Waals surface area contributed by atoms with Gasteiger partial charge in [0.25, 0.3) is 0 Å². The minimum atomic E-state index is -0.718. The smallest absolute Gasteiger partial charge is 0.312 e. The standard InChI is InChI=1S/C31H48N2O5/c1-7-8-11-20(2)28(33-31(32)38)24(6)30(37)22(4)13-9-12-21(3)29(36)23(5)16-17-27(35)19-25-14-10-15-26(34)18-25/h7-12,14-18,20-24,27-30,34-37H,1,13,19H2,2-6H3,(H3,32,33,38)/b11-8-,12-9-,17-16-/t20-,21-,22-,23-,24+,27+,28-,29+,30+/m0/s1. The quantitative estimate of drug-likeness (QED) is 0.139. The summed E-state index contributed by atoms with van der Waals surface area (Å²) in [6, 6.07) is 5.83. The topological polar surface area (TPSA) is 136 Å². The van der Waals surface area contributed by atoms with Crippen LogP contribution in [0, 0.1) is 29.6 Å². The number of phenols is 1. The van der Waals surface area contributed by atoms with E-state index in [1.54, 1.807) is 30.4 Å². The largest absolute Gasteiger partial charge is 0.508 e. The lowest BCUT2D eigenvalue weighted by atomic mass is 9.81. The van der Waals surface area contributed by atoms with Crippen LogP contribution in [0.4, 0.5) is 4.79 Å². The van der Waals surface area contributed by atoms with Crippen molar-refractivity contribution >= 4 is 6.03 Å². The van der Waals surface area contributed by atoms with Crippen LogP contribution in [0.25, 0.3) is 0 Å². The van der Waals surface area contributed by atoms with Crippen molar-refractivity contribution in [1.82, 2.24) is 5.32 Å². The Morgan fingerprint density at radius 1 is 0.974 bits per heavy atom. The number of urea groups is 1. The zero-order chi connectivity index (χ0) is 28.8. The number of carbonyl (C=O) groups is 1. The second-order valence-electron chi connectivity index (χ2n) is 10.5. The molecule has 0 aliphatic heterocycles. The molecular weight excluding hydrogens is 480 g/mol. The Labute approximate surface area is 228 Å². The van der Waals surface area contributed by atoms with Crippen LogP contribution in [-0.2, 0) is 6.42 Å². The van der Waals surface area contributed by atoms with Crippen LogP contribution in [0.3, 0.4) is 0 Å². The fourth-order valence-electron chi connectivity index (χ4n) is 4.66. The summed E-state index contributed by atoms with van der Waals surface area (Å²) in [6.07, 6.45) is 11.7. The number of aromatic hydroxyl groups is 1. The maximum atomic E-state index is 11.6. The normalized spacial score (nSPS) is 19.5. The lowest BCUT2D eigenvalue weighted by Crippen LogP contribution is -2.50. The van der Waals surface area contributed by atoms with Crippen molar-refractivity contribution in [2.45, 2.75) is 71.8 Å². The number of aliphatic hydroxyl groups excluding tert-OH is 3. The number of benzene rings is 1. The molecule has 2 amide bonds. The Morgan fingerprint density at radius 2 is 1.63 bits per heavy atom. The van der Waals surface area contributed by atoms with Gasteiger partial charge < -0.3 is 31.5 Å². The number of rotatable bonds is 16. The van der Waals surface area contributed by atoms with Gasteiger partial charge in [-0.25, -0.2) is 4.79 Å². The van der Waals surface area contributed by atoms with Crippen molar-refractivity contribution in [3.63, 3.8) is 0 Å². The van der Waals surface area contributed by atoms with Crippen molar-refractivity contribution in [1.29, 1.82) is 0 Å². The first-order valence-electron chi connectivity index (χ1n) is 13.4. The fourth-order valence-corrected chi connectivity index (χ4v) is 4.66. The van der Waals surface area contributed by atoms with Gasteiger partial charge >= 0.3 is 6.03 Å². The predicted molar refractivity (Wildman–Crippen MR) is 154 cm³/mol. The van der Waals surface area contributed by atoms with Gasteiger partial charge in [0.2, 0.25) is 0 Å². The molecule has 0 saturated heterocycles. The molecule has 1 rings (SSSR count). The number of aliphatic hydroxyl groups is 3. The molecule has 38 heavy (non-hydrogen) atoms. The Balaban J connectivity index is 2.66. The molecule has 9 atom stereocenters. The van der Waals surface area contributed by atoms with Crippen LogP contribution >= 0.6 is 0 Å². The minimum Gasteiger partial charge on any atom is -0.508 e. The summed E-state index contributed by atoms with van der Waals surface area (Å²) in [4.78, 5) is 11.6. The average molecular weight is 529 g/mol. The molecule has 0 saturated carbocycles. The third-order valence-electron chi connectivity index (χ3n) is 7.13. The third-order valence-corrected chi connectivity index (χ3v) is 7.13. The second-order valence-corrected chi connectivity index (χ2v) is 10.5. The number of phenolic OH excluding ortho intramolecular Hbond substituents is 1. The average Bonchev–Trinajstić information content (AvgIpc) is 2.87. The molecule has 7 heteroatoms. The zero-order valence-corrected chi connectivity index (χ0v) is 23.4. The molecule has 7 N–H and O–H groups in total. The highest BCUT2D eigenvalue weighted by Gasteiger charge is 2.31. The van der Waals surface area contributed by atoms with E-state index in [1.165, 1.54) is 0 Å². The maximum absolute atomic E-state index is 11.6. The molecule has 0 bridgehead atoms. The fraction of sp³-hybridized carbons (Fsp3) is 0.516. The van der Waals surface area contributed by atoms with Gasteiger partial charge in [-0.15, -0.1) is 0 Å². The second kappa shape index (κ2) is 16.9. The Kier molecular flexibility index (Phi) is 14.7. The molecule has 0 aliphatic rings. The van der Waals surface area contributed by atoms with Gasteiger partial charge in [0.15, 0.2) is 0 Å². The summed E-state index contributed by atoms with van der Waals surface area (Å²) in [5.74, 6) is -0.513. The first-order chi connectivity index (χ1) is 17.9. The highest BCUT2D eigenvalue weighted by molar-refractivity contribution is 5.72. The molecular formula is C31H48N2O5. The van der Waals surface area contributed by atoms with Crippen molar-refractivity contribution in [2.24, 2.45) is 35.3 Å². The maximum Gasteiger partial charge on any atom is 0.312 e. The van der Waals surface area contributed by atoms with E-state index in [2.05, 4.69) is 11.9 Å². The number of primary amides is 1. The summed E-state index contributed by atoms with van der Waals surface area (Å²) >= 11 is 0. The molecule has 7 nitrogen and oxygen atoms in total. The summed E-state index contributed by atoms with van der Waals surface area (Å²) in [7, 11) is 0. The van der Waals surface area contributed by atoms with Crippen LogP contribution in [0.15, 0.2) is 73.4 Å². The van der Waals surface area contributed by atoms with Crippen LogP contribution in [0.5, 0.6) is 5.75 Å². The minimum absolute atomic E-state index is 0.0454. The monoisotopic (exact) mass is 528 g/mol. The lowest BCUT2D eigenvalue weighted by molar-refractivity contribution is 0.0438. The highest BCUT2D eigenvalue weighted by Crippen LogP contribution is 2.25. The SMILES string of the molecule is C=C/C=C\[C@H](C)[C@H](NC(N)=O)[C@@H](C)[C@H](O)[C@@H](C)C/C=C\[C@H](C)[C@@H](O)[C@@H](C)/C=C\[C@@H](O)Cc1cccc(O)c1. The van der Waals surface area contributed by atoms with E-state index < -0.39 is 24.3 Å². The summed E-state index contributed by atoms with van der Waals surface area (Å²) in [6.45, 7) is 13.3. The van der Waals surface area contributed by atoms with Crippen LogP contribution in [-0.4, -0.2) is 50.8 Å². The van der Waals surface area contributed by atoms with Crippen LogP contribution in [0.2, 0.25) is 0 Å². The van der Waals surface area contributed by atoms with Gasteiger partial charge in [-0.2, -0.15) is 0 Å². The van der Waals surface area contributed by atoms with E-state index in [0.29, 0.717) is 12.8 Å². The number of nitrogens with two attached hydrogens (primary N) is 1. The van der Waals surface area contributed by atoms with E-state index in [4.69, 9.17) is 5.73 Å². The van der Waals surface area contributed by atoms with E-state index in [1.807, 2.05) is 71.1 Å². The molecule has 0 unspecified atom stereocenters. The molecule has 0 fully saturated rings. The Hall–Kier alpha value is -2.87. The van der Waals surface area contributed by atoms with Crippen molar-refractivity contribution in [2.75, 3.05) is 0 Å². The number of nitrogens with one attached hydrogen (secondary N) is 1. The zero-order valence-electron chi connectivity index (χ0n) is 23.4. The third kappa shape index (κ3) is 11.7. The Bertz CT molecular complexity index is 944. The van der Waals surface area contributed by atoms with Crippen molar-refractivity contribution < 1.29 is 25.2 Å². The first kappa shape index (κ1) is 33.2. The van der Waals surface area contributed by atoms with E-state index in [-0.39, 0.29) is 41.4 Å². The predicted octanol–water partition coefficient (Wildman–Crippen LogP) is 4.48. The van der Waals surface area contributed by atoms with Gasteiger partial charge in [0, 0.05) is 30.2 Å². The summed E-state index contributed by atoms with van der Waals surface area (Å²) < 4.78 is 0. The molecule has 1 aromatic carbocycles. The first-order valence-corrected chi connectivity index (χ1v) is 13.4. The van der Waals surface area contributed by atoms with Crippen molar-refractivity contribution in [3.05, 3.63) is 78.9 Å². The Morgan fingerprint density at radius 3 is 2.24 bits per heavy atom. The molecule has 0 spiro atoms. The number of amides is 2. The van der Waals surface area contributed by atoms with Crippen LogP contribution in [0.1, 0.15) is 46.6 Å². The molecule has 0 aliphatic carbocycles. The molecule has 212 valence electrons. The van der Waals surface area contributed by atoms with Crippen molar-refractivity contribution in [3.8, 4) is 5.75 Å². The molecule has 1 aromatic rings. The molecule has 0 radical (unpaired) electrons. The van der Waals surface area contributed by atoms with Gasteiger partial charge in [0.1, 0.15) is 5.75 Å². The summed E-state index contributed by atoms with van der Waals surface area (Å²) in [5.41, 5.74) is 6.21. The number of carbonyl (C=O) groups excluding carboxylic acids is 1. The molecule has 0 heterocycles. The van der Waals surface area contributed by atoms with E-state index in [9.17, 15) is 25.2 Å². The van der Waals surface area contributed by atoms with E-state index in [0.717, 1.165) is 5.56 Å².